The standard InChI is InChI=1S/C15H24FNOS/c1-12(2)17-15(3,11-18)9-6-10-19-14-8-5-4-7-13(14)16/h4-5,7-8,12,17-18H,6,9-11H2,1-3H3. The number of rotatable bonds is 8. The number of nitrogens with one attached hydrogen (secondary N) is 1. The summed E-state index contributed by atoms with van der Waals surface area (Å²) in [4.78, 5) is 0.699. The fraction of sp³-hybridized carbons (Fsp3) is 0.600. The van der Waals surface area contributed by atoms with Crippen LogP contribution in [-0.2, 0) is 0 Å². The molecule has 0 aromatic heterocycles. The van der Waals surface area contributed by atoms with Gasteiger partial charge < -0.3 is 10.4 Å². The van der Waals surface area contributed by atoms with Crippen LogP contribution in [0, 0.1) is 5.82 Å². The van der Waals surface area contributed by atoms with E-state index < -0.39 is 0 Å². The van der Waals surface area contributed by atoms with Crippen LogP contribution >= 0.6 is 11.8 Å². The molecular formula is C15H24FNOS. The average molecular weight is 285 g/mol. The summed E-state index contributed by atoms with van der Waals surface area (Å²) in [7, 11) is 0. The molecule has 0 fully saturated rings. The van der Waals surface area contributed by atoms with Crippen LogP contribution in [0.25, 0.3) is 0 Å². The van der Waals surface area contributed by atoms with Crippen LogP contribution in [-0.4, -0.2) is 29.0 Å². The van der Waals surface area contributed by atoms with Gasteiger partial charge in [-0.25, -0.2) is 4.39 Å². The zero-order valence-corrected chi connectivity index (χ0v) is 12.8. The Balaban J connectivity index is 2.35. The van der Waals surface area contributed by atoms with Gasteiger partial charge in [0.25, 0.3) is 0 Å². The molecule has 1 aromatic carbocycles. The first-order chi connectivity index (χ1) is 8.97. The molecule has 0 saturated heterocycles. The third-order valence-electron chi connectivity index (χ3n) is 2.95. The Morgan fingerprint density at radius 3 is 2.63 bits per heavy atom. The molecule has 0 bridgehead atoms. The third kappa shape index (κ3) is 5.93. The highest BCUT2D eigenvalue weighted by Gasteiger charge is 2.23. The minimum atomic E-state index is -0.246. The molecule has 4 heteroatoms. The van der Waals surface area contributed by atoms with Gasteiger partial charge in [0, 0.05) is 16.5 Å². The lowest BCUT2D eigenvalue weighted by atomic mass is 9.96. The van der Waals surface area contributed by atoms with Crippen molar-refractivity contribution < 1.29 is 9.50 Å². The molecule has 1 rings (SSSR count). The smallest absolute Gasteiger partial charge is 0.136 e. The van der Waals surface area contributed by atoms with Crippen molar-refractivity contribution in [1.82, 2.24) is 5.32 Å². The van der Waals surface area contributed by atoms with E-state index in [1.165, 1.54) is 17.8 Å². The van der Waals surface area contributed by atoms with Crippen molar-refractivity contribution in [2.75, 3.05) is 12.4 Å². The molecule has 0 spiro atoms. The fourth-order valence-electron chi connectivity index (χ4n) is 2.10. The molecule has 0 amide bonds. The van der Waals surface area contributed by atoms with Crippen LogP contribution < -0.4 is 5.32 Å². The van der Waals surface area contributed by atoms with Crippen molar-refractivity contribution in [1.29, 1.82) is 0 Å². The van der Waals surface area contributed by atoms with Crippen molar-refractivity contribution in [3.05, 3.63) is 30.1 Å². The lowest BCUT2D eigenvalue weighted by Gasteiger charge is -2.31. The van der Waals surface area contributed by atoms with E-state index in [1.807, 2.05) is 13.0 Å². The topological polar surface area (TPSA) is 32.3 Å². The first-order valence-corrected chi connectivity index (χ1v) is 7.71. The van der Waals surface area contributed by atoms with Gasteiger partial charge in [-0.1, -0.05) is 26.0 Å². The van der Waals surface area contributed by atoms with Crippen LogP contribution in [0.3, 0.4) is 0 Å². The normalized spacial score (nSPS) is 14.6. The molecule has 0 aliphatic heterocycles. The second-order valence-electron chi connectivity index (χ2n) is 5.40. The summed E-state index contributed by atoms with van der Waals surface area (Å²) in [6, 6.07) is 7.19. The predicted molar refractivity (Wildman–Crippen MR) is 80.1 cm³/mol. The van der Waals surface area contributed by atoms with Crippen molar-refractivity contribution >= 4 is 11.8 Å². The van der Waals surface area contributed by atoms with E-state index in [-0.39, 0.29) is 18.0 Å². The van der Waals surface area contributed by atoms with E-state index >= 15 is 0 Å². The molecule has 1 unspecified atom stereocenters. The Kier molecular flexibility index (Phi) is 6.83. The lowest BCUT2D eigenvalue weighted by molar-refractivity contribution is 0.156. The van der Waals surface area contributed by atoms with Crippen molar-refractivity contribution in [3.8, 4) is 0 Å². The Hall–Kier alpha value is -0.580. The molecular weight excluding hydrogens is 261 g/mol. The lowest BCUT2D eigenvalue weighted by Crippen LogP contribution is -2.49. The Morgan fingerprint density at radius 1 is 1.37 bits per heavy atom. The molecule has 0 radical (unpaired) electrons. The summed E-state index contributed by atoms with van der Waals surface area (Å²) in [5.74, 6) is 0.703. The minimum Gasteiger partial charge on any atom is -0.394 e. The van der Waals surface area contributed by atoms with Crippen molar-refractivity contribution in [3.63, 3.8) is 0 Å². The number of hydrogen-bond donors (Lipinski definition) is 2. The Morgan fingerprint density at radius 2 is 2.05 bits per heavy atom. The molecule has 108 valence electrons. The van der Waals surface area contributed by atoms with Gasteiger partial charge in [-0.2, -0.15) is 0 Å². The second-order valence-corrected chi connectivity index (χ2v) is 6.54. The first-order valence-electron chi connectivity index (χ1n) is 6.73. The molecule has 19 heavy (non-hydrogen) atoms. The summed E-state index contributed by atoms with van der Waals surface area (Å²) < 4.78 is 13.4. The van der Waals surface area contributed by atoms with E-state index in [0.29, 0.717) is 10.9 Å². The Bertz CT molecular complexity index is 386. The monoisotopic (exact) mass is 285 g/mol. The van der Waals surface area contributed by atoms with E-state index in [1.54, 1.807) is 12.1 Å². The number of aliphatic hydroxyl groups is 1. The molecule has 0 aliphatic carbocycles. The number of halogens is 1. The van der Waals surface area contributed by atoms with E-state index in [0.717, 1.165) is 18.6 Å². The third-order valence-corrected chi connectivity index (χ3v) is 4.09. The van der Waals surface area contributed by atoms with E-state index in [4.69, 9.17) is 0 Å². The summed E-state index contributed by atoms with van der Waals surface area (Å²) in [5, 5.41) is 12.8. The fourth-order valence-corrected chi connectivity index (χ4v) is 2.99. The maximum absolute atomic E-state index is 13.4. The van der Waals surface area contributed by atoms with Gasteiger partial charge in [-0.15, -0.1) is 11.8 Å². The van der Waals surface area contributed by atoms with Gasteiger partial charge in [0.15, 0.2) is 0 Å². The maximum atomic E-state index is 13.4. The quantitative estimate of drug-likeness (QED) is 0.567. The van der Waals surface area contributed by atoms with Gasteiger partial charge in [0.05, 0.1) is 6.61 Å². The summed E-state index contributed by atoms with van der Waals surface area (Å²) >= 11 is 1.53. The van der Waals surface area contributed by atoms with Crippen LogP contribution in [0.5, 0.6) is 0 Å². The van der Waals surface area contributed by atoms with Crippen molar-refractivity contribution in [2.45, 2.75) is 50.1 Å². The minimum absolute atomic E-state index is 0.121. The number of hydrogen-bond acceptors (Lipinski definition) is 3. The van der Waals surface area contributed by atoms with Crippen molar-refractivity contribution in [2.24, 2.45) is 0 Å². The van der Waals surface area contributed by atoms with E-state index in [9.17, 15) is 9.50 Å². The van der Waals surface area contributed by atoms with Crippen LogP contribution in [0.2, 0.25) is 0 Å². The largest absolute Gasteiger partial charge is 0.394 e. The van der Waals surface area contributed by atoms with Gasteiger partial charge in [-0.05, 0) is 37.7 Å². The number of thioether (sulfide) groups is 1. The summed E-state index contributed by atoms with van der Waals surface area (Å²) in [6.07, 6.45) is 1.82. The van der Waals surface area contributed by atoms with Crippen LogP contribution in [0.1, 0.15) is 33.6 Å². The predicted octanol–water partition coefficient (Wildman–Crippen LogP) is 3.45. The zero-order chi connectivity index (χ0) is 14.3. The molecule has 0 saturated carbocycles. The molecule has 1 aromatic rings. The Labute approximate surface area is 119 Å². The van der Waals surface area contributed by atoms with Gasteiger partial charge in [0.2, 0.25) is 0 Å². The SMILES string of the molecule is CC(C)NC(C)(CO)CCCSc1ccccc1F. The van der Waals surface area contributed by atoms with Gasteiger partial charge >= 0.3 is 0 Å². The van der Waals surface area contributed by atoms with E-state index in [2.05, 4.69) is 19.2 Å². The summed E-state index contributed by atoms with van der Waals surface area (Å²) in [6.45, 7) is 6.29. The molecule has 0 heterocycles. The maximum Gasteiger partial charge on any atom is 0.136 e. The highest BCUT2D eigenvalue weighted by Crippen LogP contribution is 2.23. The van der Waals surface area contributed by atoms with Crippen LogP contribution in [0.4, 0.5) is 4.39 Å². The second kappa shape index (κ2) is 7.88. The van der Waals surface area contributed by atoms with Gasteiger partial charge in [0.1, 0.15) is 5.82 Å². The van der Waals surface area contributed by atoms with Crippen LogP contribution in [0.15, 0.2) is 29.2 Å². The highest BCUT2D eigenvalue weighted by molar-refractivity contribution is 7.99. The highest BCUT2D eigenvalue weighted by atomic mass is 32.2. The number of aliphatic hydroxyl groups excluding tert-OH is 1. The molecule has 2 N–H and O–H groups in total. The van der Waals surface area contributed by atoms with Gasteiger partial charge in [-0.3, -0.25) is 0 Å². The number of benzene rings is 1. The zero-order valence-electron chi connectivity index (χ0n) is 11.9. The average Bonchev–Trinajstić information content (AvgIpc) is 2.36. The molecule has 2 nitrogen and oxygen atoms in total. The first kappa shape index (κ1) is 16.5. The molecule has 0 aliphatic rings. The summed E-state index contributed by atoms with van der Waals surface area (Å²) in [5.41, 5.74) is -0.246. The molecule has 1 atom stereocenters.